The average molecular weight is 421 g/mol. The van der Waals surface area contributed by atoms with Gasteiger partial charge in [-0.2, -0.15) is 4.72 Å². The third-order valence-electron chi connectivity index (χ3n) is 3.21. The Kier molecular flexibility index (Phi) is 6.13. The highest BCUT2D eigenvalue weighted by molar-refractivity contribution is 7.91. The van der Waals surface area contributed by atoms with E-state index in [2.05, 4.69) is 10.0 Å². The molecule has 0 fully saturated rings. The summed E-state index contributed by atoms with van der Waals surface area (Å²) in [6.07, 6.45) is 0. The van der Waals surface area contributed by atoms with Gasteiger partial charge in [0.25, 0.3) is 0 Å². The second-order valence-corrected chi connectivity index (χ2v) is 9.90. The van der Waals surface area contributed by atoms with Gasteiger partial charge >= 0.3 is 0 Å². The number of hydrogen-bond donors (Lipinski definition) is 3. The monoisotopic (exact) mass is 421 g/mol. The molecule has 142 valence electrons. The Hall–Kier alpha value is -1.86. The molecule has 0 saturated carbocycles. The van der Waals surface area contributed by atoms with Gasteiger partial charge in [0.2, 0.25) is 26.0 Å². The van der Waals surface area contributed by atoms with Crippen molar-refractivity contribution in [2.45, 2.75) is 28.6 Å². The molecule has 26 heavy (non-hydrogen) atoms. The highest BCUT2D eigenvalue weighted by Gasteiger charge is 2.24. The first-order valence-electron chi connectivity index (χ1n) is 7.17. The van der Waals surface area contributed by atoms with Gasteiger partial charge in [-0.15, -0.1) is 11.3 Å². The smallest absolute Gasteiger partial charge is 0.247 e. The first kappa shape index (κ1) is 20.5. The molecule has 2 aromatic rings. The molecule has 0 unspecified atom stereocenters. The molecule has 8 nitrogen and oxygen atoms in total. The van der Waals surface area contributed by atoms with Gasteiger partial charge in [0, 0.05) is 4.88 Å². The number of halogens is 1. The van der Waals surface area contributed by atoms with Crippen LogP contribution >= 0.6 is 11.3 Å². The van der Waals surface area contributed by atoms with E-state index in [4.69, 9.17) is 5.14 Å². The van der Waals surface area contributed by atoms with Crippen LogP contribution in [0, 0.1) is 5.82 Å². The first-order chi connectivity index (χ1) is 12.0. The Morgan fingerprint density at radius 2 is 1.85 bits per heavy atom. The summed E-state index contributed by atoms with van der Waals surface area (Å²) in [5.41, 5.74) is 0. The van der Waals surface area contributed by atoms with E-state index in [0.29, 0.717) is 4.88 Å². The second kappa shape index (κ2) is 7.80. The normalized spacial score (nSPS) is 13.3. The SMILES string of the molecule is C[C@H](NS(=O)(=O)c1ccccc1F)C(=O)NCc1ccc(S(N)(=O)=O)s1. The van der Waals surface area contributed by atoms with Gasteiger partial charge in [-0.25, -0.2) is 26.4 Å². The minimum atomic E-state index is -4.21. The van der Waals surface area contributed by atoms with Crippen molar-refractivity contribution in [3.8, 4) is 0 Å². The molecule has 0 bridgehead atoms. The molecule has 0 aliphatic carbocycles. The molecular weight excluding hydrogens is 405 g/mol. The zero-order valence-corrected chi connectivity index (χ0v) is 15.9. The number of sulfonamides is 2. The first-order valence-corrected chi connectivity index (χ1v) is 11.0. The van der Waals surface area contributed by atoms with Crippen LogP contribution in [-0.2, 0) is 31.4 Å². The maximum absolute atomic E-state index is 13.6. The van der Waals surface area contributed by atoms with E-state index < -0.39 is 42.7 Å². The lowest BCUT2D eigenvalue weighted by Crippen LogP contribution is -2.44. The largest absolute Gasteiger partial charge is 0.350 e. The number of rotatable bonds is 7. The van der Waals surface area contributed by atoms with Crippen molar-refractivity contribution in [2.75, 3.05) is 0 Å². The van der Waals surface area contributed by atoms with E-state index in [1.54, 1.807) is 0 Å². The number of carbonyl (C=O) groups is 1. The predicted molar refractivity (Wildman–Crippen MR) is 93.7 cm³/mol. The number of hydrogen-bond acceptors (Lipinski definition) is 6. The van der Waals surface area contributed by atoms with Gasteiger partial charge in [-0.05, 0) is 31.2 Å². The fourth-order valence-corrected chi connectivity index (χ4v) is 4.95. The van der Waals surface area contributed by atoms with E-state index in [1.807, 2.05) is 0 Å². The minimum absolute atomic E-state index is 0.00914. The fraction of sp³-hybridized carbons (Fsp3) is 0.214. The molecule has 4 N–H and O–H groups in total. The van der Waals surface area contributed by atoms with Crippen molar-refractivity contribution >= 4 is 37.3 Å². The summed E-state index contributed by atoms with van der Waals surface area (Å²) in [7, 11) is -8.03. The summed E-state index contributed by atoms with van der Waals surface area (Å²) in [6.45, 7) is 1.29. The quantitative estimate of drug-likeness (QED) is 0.599. The Morgan fingerprint density at radius 1 is 1.19 bits per heavy atom. The molecule has 0 radical (unpaired) electrons. The Balaban J connectivity index is 1.99. The van der Waals surface area contributed by atoms with Gasteiger partial charge in [-0.1, -0.05) is 12.1 Å². The van der Waals surface area contributed by atoms with Crippen LogP contribution in [0.25, 0.3) is 0 Å². The number of thiophene rings is 1. The Labute approximate surface area is 154 Å². The molecule has 0 spiro atoms. The lowest BCUT2D eigenvalue weighted by Gasteiger charge is -2.14. The fourth-order valence-electron chi connectivity index (χ4n) is 1.95. The lowest BCUT2D eigenvalue weighted by molar-refractivity contribution is -0.122. The Bertz CT molecular complexity index is 1020. The van der Waals surface area contributed by atoms with Crippen molar-refractivity contribution < 1.29 is 26.0 Å². The summed E-state index contributed by atoms with van der Waals surface area (Å²) in [4.78, 5) is 12.0. The van der Waals surface area contributed by atoms with Crippen LogP contribution < -0.4 is 15.2 Å². The maximum atomic E-state index is 13.6. The van der Waals surface area contributed by atoms with Crippen LogP contribution in [-0.4, -0.2) is 28.8 Å². The molecule has 0 aliphatic heterocycles. The third kappa shape index (κ3) is 5.08. The number of primary sulfonamides is 1. The summed E-state index contributed by atoms with van der Waals surface area (Å²) >= 11 is 0.890. The van der Waals surface area contributed by atoms with Gasteiger partial charge in [0.05, 0.1) is 12.6 Å². The zero-order valence-electron chi connectivity index (χ0n) is 13.5. The van der Waals surface area contributed by atoms with Gasteiger partial charge in [0.1, 0.15) is 14.9 Å². The van der Waals surface area contributed by atoms with Crippen molar-refractivity contribution in [3.63, 3.8) is 0 Å². The van der Waals surface area contributed by atoms with Gasteiger partial charge < -0.3 is 5.32 Å². The van der Waals surface area contributed by atoms with Crippen LogP contribution in [0.3, 0.4) is 0 Å². The number of carbonyl (C=O) groups excluding carboxylic acids is 1. The molecule has 1 amide bonds. The molecular formula is C14H16FN3O5S3. The number of nitrogens with one attached hydrogen (secondary N) is 2. The van der Waals surface area contributed by atoms with Crippen molar-refractivity contribution in [1.29, 1.82) is 0 Å². The lowest BCUT2D eigenvalue weighted by atomic mass is 10.3. The summed E-state index contributed by atoms with van der Waals surface area (Å²) in [5, 5.41) is 7.47. The number of nitrogens with two attached hydrogens (primary N) is 1. The molecule has 12 heteroatoms. The highest BCUT2D eigenvalue weighted by Crippen LogP contribution is 2.20. The zero-order chi connectivity index (χ0) is 19.5. The summed E-state index contributed by atoms with van der Waals surface area (Å²) in [6, 6.07) is 6.42. The van der Waals surface area contributed by atoms with Crippen molar-refractivity contribution in [1.82, 2.24) is 10.0 Å². The molecule has 1 atom stereocenters. The van der Waals surface area contributed by atoms with Gasteiger partial charge in [0.15, 0.2) is 0 Å². The van der Waals surface area contributed by atoms with Crippen LogP contribution in [0.5, 0.6) is 0 Å². The minimum Gasteiger partial charge on any atom is -0.350 e. The highest BCUT2D eigenvalue weighted by atomic mass is 32.2. The van der Waals surface area contributed by atoms with Crippen LogP contribution in [0.4, 0.5) is 4.39 Å². The van der Waals surface area contributed by atoms with Crippen LogP contribution in [0.2, 0.25) is 0 Å². The maximum Gasteiger partial charge on any atom is 0.247 e. The number of amides is 1. The molecule has 1 aromatic carbocycles. The molecule has 0 saturated heterocycles. The Morgan fingerprint density at radius 3 is 2.42 bits per heavy atom. The van der Waals surface area contributed by atoms with Gasteiger partial charge in [-0.3, -0.25) is 4.79 Å². The third-order valence-corrected chi connectivity index (χ3v) is 7.30. The predicted octanol–water partition coefficient (Wildman–Crippen LogP) is 0.518. The summed E-state index contributed by atoms with van der Waals surface area (Å²) in [5.74, 6) is -1.59. The van der Waals surface area contributed by atoms with E-state index in [9.17, 15) is 26.0 Å². The van der Waals surface area contributed by atoms with Crippen LogP contribution in [0.15, 0.2) is 45.5 Å². The van der Waals surface area contributed by atoms with E-state index in [-0.39, 0.29) is 10.8 Å². The van der Waals surface area contributed by atoms with Crippen molar-refractivity contribution in [3.05, 3.63) is 47.1 Å². The van der Waals surface area contributed by atoms with E-state index in [1.165, 1.54) is 31.2 Å². The summed E-state index contributed by atoms with van der Waals surface area (Å²) < 4.78 is 62.4. The number of benzene rings is 1. The average Bonchev–Trinajstić information content (AvgIpc) is 3.01. The van der Waals surface area contributed by atoms with E-state index >= 15 is 0 Å². The topological polar surface area (TPSA) is 135 Å². The van der Waals surface area contributed by atoms with Crippen molar-refractivity contribution in [2.24, 2.45) is 5.14 Å². The van der Waals surface area contributed by atoms with Crippen LogP contribution in [0.1, 0.15) is 11.8 Å². The standard InChI is InChI=1S/C14H16FN3O5S3/c1-9(18-26(22,23)12-5-3-2-4-11(12)15)14(19)17-8-10-6-7-13(24-10)25(16,20)21/h2-7,9,18H,8H2,1H3,(H,17,19)(H2,16,20,21)/t9-/m0/s1. The molecule has 1 heterocycles. The molecule has 2 rings (SSSR count). The molecule has 0 aliphatic rings. The molecule has 1 aromatic heterocycles. The second-order valence-electron chi connectivity index (χ2n) is 5.26. The van der Waals surface area contributed by atoms with E-state index in [0.717, 1.165) is 23.5 Å².